The molecule has 0 atom stereocenters. The highest BCUT2D eigenvalue weighted by molar-refractivity contribution is 6.04. The van der Waals surface area contributed by atoms with Gasteiger partial charge in [-0.3, -0.25) is 9.78 Å². The lowest BCUT2D eigenvalue weighted by Crippen LogP contribution is -2.15. The Morgan fingerprint density at radius 1 is 1.19 bits per heavy atom. The minimum absolute atomic E-state index is 0.135. The highest BCUT2D eigenvalue weighted by atomic mass is 19.1. The monoisotopic (exact) mass is 419 g/mol. The number of pyridine rings is 1. The molecule has 3 heterocycles. The first-order valence-electron chi connectivity index (χ1n) is 9.43. The second-order valence-electron chi connectivity index (χ2n) is 6.81. The van der Waals surface area contributed by atoms with Crippen LogP contribution in [0.25, 0.3) is 11.5 Å². The van der Waals surface area contributed by atoms with E-state index in [1.165, 1.54) is 30.7 Å². The third-order valence-corrected chi connectivity index (χ3v) is 4.29. The van der Waals surface area contributed by atoms with Gasteiger partial charge in [0.2, 0.25) is 5.88 Å². The summed E-state index contributed by atoms with van der Waals surface area (Å²) in [6, 6.07) is 9.06. The Morgan fingerprint density at radius 2 is 2.06 bits per heavy atom. The zero-order valence-corrected chi connectivity index (χ0v) is 16.7. The van der Waals surface area contributed by atoms with Gasteiger partial charge in [-0.05, 0) is 44.2 Å². The van der Waals surface area contributed by atoms with Gasteiger partial charge in [0.1, 0.15) is 29.4 Å². The summed E-state index contributed by atoms with van der Waals surface area (Å²) in [6.45, 7) is 3.99. The third kappa shape index (κ3) is 4.53. The molecule has 4 aromatic rings. The van der Waals surface area contributed by atoms with Crippen molar-refractivity contribution in [3.05, 3.63) is 72.7 Å². The Hall–Kier alpha value is -4.21. The van der Waals surface area contributed by atoms with E-state index < -0.39 is 11.7 Å². The summed E-state index contributed by atoms with van der Waals surface area (Å²) in [5, 5.41) is 10.6. The van der Waals surface area contributed by atoms with E-state index in [-0.39, 0.29) is 29.1 Å². The van der Waals surface area contributed by atoms with Gasteiger partial charge in [-0.2, -0.15) is 0 Å². The molecule has 0 saturated carbocycles. The van der Waals surface area contributed by atoms with Crippen molar-refractivity contribution in [1.29, 1.82) is 0 Å². The van der Waals surface area contributed by atoms with Crippen LogP contribution >= 0.6 is 0 Å². The van der Waals surface area contributed by atoms with Crippen LogP contribution in [0.5, 0.6) is 11.6 Å². The molecule has 0 spiro atoms. The van der Waals surface area contributed by atoms with E-state index in [4.69, 9.17) is 4.74 Å². The molecule has 1 N–H and O–H groups in total. The molecular formula is C21H18FN7O2. The number of amides is 1. The van der Waals surface area contributed by atoms with E-state index in [0.717, 1.165) is 6.07 Å². The van der Waals surface area contributed by atoms with Crippen molar-refractivity contribution in [3.63, 3.8) is 0 Å². The van der Waals surface area contributed by atoms with Gasteiger partial charge in [-0.1, -0.05) is 6.07 Å². The Balaban J connectivity index is 1.56. The fourth-order valence-electron chi connectivity index (χ4n) is 2.82. The summed E-state index contributed by atoms with van der Waals surface area (Å²) in [6.07, 6.45) is 5.99. The summed E-state index contributed by atoms with van der Waals surface area (Å²) < 4.78 is 21.7. The second-order valence-corrected chi connectivity index (χ2v) is 6.81. The van der Waals surface area contributed by atoms with Crippen LogP contribution in [0.1, 0.15) is 30.2 Å². The molecule has 0 saturated heterocycles. The first kappa shape index (κ1) is 20.1. The number of carbonyl (C=O) groups is 1. The summed E-state index contributed by atoms with van der Waals surface area (Å²) in [4.78, 5) is 25.0. The normalized spacial score (nSPS) is 10.8. The van der Waals surface area contributed by atoms with Crippen LogP contribution in [0.15, 0.2) is 61.3 Å². The van der Waals surface area contributed by atoms with Gasteiger partial charge in [0, 0.05) is 18.4 Å². The number of carbonyl (C=O) groups excluding carboxylic acids is 1. The van der Waals surface area contributed by atoms with Crippen LogP contribution in [-0.2, 0) is 0 Å². The number of aromatic nitrogens is 6. The molecule has 0 bridgehead atoms. The number of nitrogens with one attached hydrogen (secondary N) is 1. The number of benzene rings is 1. The summed E-state index contributed by atoms with van der Waals surface area (Å²) in [7, 11) is 0. The fraction of sp³-hybridized carbons (Fsp3) is 0.143. The van der Waals surface area contributed by atoms with E-state index in [9.17, 15) is 9.18 Å². The van der Waals surface area contributed by atoms with Crippen LogP contribution in [0.3, 0.4) is 0 Å². The van der Waals surface area contributed by atoms with Crippen molar-refractivity contribution in [2.24, 2.45) is 0 Å². The summed E-state index contributed by atoms with van der Waals surface area (Å²) >= 11 is 0. The zero-order chi connectivity index (χ0) is 21.8. The molecule has 0 radical (unpaired) electrons. The maximum Gasteiger partial charge on any atom is 0.259 e. The lowest BCUT2D eigenvalue weighted by molar-refractivity contribution is 0.102. The molecule has 0 aliphatic carbocycles. The Kier molecular flexibility index (Phi) is 5.61. The summed E-state index contributed by atoms with van der Waals surface area (Å²) in [5.41, 5.74) is 0.336. The van der Waals surface area contributed by atoms with Gasteiger partial charge < -0.3 is 14.6 Å². The van der Waals surface area contributed by atoms with Crippen LogP contribution in [0.4, 0.5) is 10.2 Å². The average Bonchev–Trinajstić information content (AvgIpc) is 3.26. The predicted molar refractivity (Wildman–Crippen MR) is 110 cm³/mol. The van der Waals surface area contributed by atoms with E-state index in [0.29, 0.717) is 11.5 Å². The predicted octanol–water partition coefficient (Wildman–Crippen LogP) is 3.89. The molecule has 4 rings (SSSR count). The Morgan fingerprint density at radius 3 is 2.84 bits per heavy atom. The van der Waals surface area contributed by atoms with Crippen molar-refractivity contribution < 1.29 is 13.9 Å². The van der Waals surface area contributed by atoms with Crippen molar-refractivity contribution >= 4 is 11.7 Å². The maximum absolute atomic E-state index is 14.3. The highest BCUT2D eigenvalue weighted by Crippen LogP contribution is 2.23. The first-order chi connectivity index (χ1) is 15.0. The molecule has 1 aromatic carbocycles. The number of anilines is 1. The van der Waals surface area contributed by atoms with E-state index in [1.807, 2.05) is 18.4 Å². The molecule has 10 heteroatoms. The Bertz CT molecular complexity index is 1210. The molecule has 0 unspecified atom stereocenters. The number of hydrogen-bond acceptors (Lipinski definition) is 7. The molecular weight excluding hydrogens is 401 g/mol. The van der Waals surface area contributed by atoms with E-state index in [1.54, 1.807) is 24.5 Å². The van der Waals surface area contributed by atoms with Gasteiger partial charge in [-0.15, -0.1) is 10.2 Å². The SMILES string of the molecule is CC(C)n1cnnc1-c1cccc(NC(=O)c2cc(Oc3cnccn3)ccc2F)n1. The molecule has 9 nitrogen and oxygen atoms in total. The van der Waals surface area contributed by atoms with Gasteiger partial charge in [0.25, 0.3) is 5.91 Å². The highest BCUT2D eigenvalue weighted by Gasteiger charge is 2.16. The van der Waals surface area contributed by atoms with Crippen LogP contribution < -0.4 is 10.1 Å². The van der Waals surface area contributed by atoms with Crippen molar-refractivity contribution in [3.8, 4) is 23.1 Å². The number of rotatable bonds is 6. The molecule has 0 fully saturated rings. The average molecular weight is 419 g/mol. The van der Waals surface area contributed by atoms with Crippen molar-refractivity contribution in [2.75, 3.05) is 5.32 Å². The first-order valence-corrected chi connectivity index (χ1v) is 9.43. The van der Waals surface area contributed by atoms with Gasteiger partial charge in [-0.25, -0.2) is 14.4 Å². The lowest BCUT2D eigenvalue weighted by Gasteiger charge is -2.11. The molecule has 0 aliphatic heterocycles. The van der Waals surface area contributed by atoms with Crippen molar-refractivity contribution in [1.82, 2.24) is 29.7 Å². The molecule has 156 valence electrons. The quantitative estimate of drug-likeness (QED) is 0.505. The number of ether oxygens (including phenoxy) is 1. The molecule has 1 amide bonds. The van der Waals surface area contributed by atoms with Crippen molar-refractivity contribution in [2.45, 2.75) is 19.9 Å². The zero-order valence-electron chi connectivity index (χ0n) is 16.7. The smallest absolute Gasteiger partial charge is 0.259 e. The fourth-order valence-corrected chi connectivity index (χ4v) is 2.82. The molecule has 31 heavy (non-hydrogen) atoms. The number of hydrogen-bond donors (Lipinski definition) is 1. The van der Waals surface area contributed by atoms with E-state index >= 15 is 0 Å². The standard InChI is InChI=1S/C21H18FN7O2/c1-13(2)29-12-25-28-20(29)17-4-3-5-18(26-17)27-21(30)15-10-14(6-7-16(15)22)31-19-11-23-8-9-24-19/h3-13H,1-2H3,(H,26,27,30). The lowest BCUT2D eigenvalue weighted by atomic mass is 10.2. The topological polar surface area (TPSA) is 108 Å². The van der Waals surface area contributed by atoms with Crippen LogP contribution in [0.2, 0.25) is 0 Å². The Labute approximate surface area is 177 Å². The second kappa shape index (κ2) is 8.66. The largest absolute Gasteiger partial charge is 0.437 e. The van der Waals surface area contributed by atoms with E-state index in [2.05, 4.69) is 30.5 Å². The van der Waals surface area contributed by atoms with Gasteiger partial charge in [0.15, 0.2) is 5.82 Å². The summed E-state index contributed by atoms with van der Waals surface area (Å²) in [5.74, 6) is -0.0724. The van der Waals surface area contributed by atoms with Crippen LogP contribution in [-0.4, -0.2) is 35.6 Å². The maximum atomic E-state index is 14.3. The van der Waals surface area contributed by atoms with Crippen LogP contribution in [0, 0.1) is 5.82 Å². The van der Waals surface area contributed by atoms with Gasteiger partial charge >= 0.3 is 0 Å². The van der Waals surface area contributed by atoms with Gasteiger partial charge in [0.05, 0.1) is 11.8 Å². The minimum Gasteiger partial charge on any atom is -0.437 e. The number of halogens is 1. The third-order valence-electron chi connectivity index (χ3n) is 4.29. The molecule has 0 aliphatic rings. The number of nitrogens with zero attached hydrogens (tertiary/aromatic N) is 6. The molecule has 3 aromatic heterocycles. The minimum atomic E-state index is -0.695.